The maximum atomic E-state index is 8.55. The van der Waals surface area contributed by atoms with E-state index in [1.54, 1.807) is 0 Å². The maximum absolute atomic E-state index is 8.55. The molecule has 82 valence electrons. The molecule has 1 unspecified atom stereocenters. The van der Waals surface area contributed by atoms with Crippen LogP contribution in [0.2, 0.25) is 0 Å². The lowest BCUT2D eigenvalue weighted by molar-refractivity contribution is 0.578. The van der Waals surface area contributed by atoms with Gasteiger partial charge in [0.25, 0.3) is 0 Å². The lowest BCUT2D eigenvalue weighted by Crippen LogP contribution is -1.98. The zero-order valence-corrected chi connectivity index (χ0v) is 10.4. The molecule has 0 fully saturated rings. The van der Waals surface area contributed by atoms with Gasteiger partial charge in [0.15, 0.2) is 0 Å². The average Bonchev–Trinajstić information content (AvgIpc) is 2.21. The van der Waals surface area contributed by atoms with Crippen molar-refractivity contribution in [1.82, 2.24) is 0 Å². The number of nitriles is 1. The first-order valence-corrected chi connectivity index (χ1v) is 6.77. The Hall–Kier alpha value is -0.160. The first-order chi connectivity index (χ1) is 6.85. The molecule has 1 nitrogen and oxygen atoms in total. The van der Waals surface area contributed by atoms with Gasteiger partial charge in [0.1, 0.15) is 5.40 Å². The number of hydrogen-bond acceptors (Lipinski definition) is 2. The number of thiocyanates is 1. The van der Waals surface area contributed by atoms with Gasteiger partial charge in [0.05, 0.1) is 0 Å². The molecule has 14 heavy (non-hydrogen) atoms. The molecule has 0 N–H and O–H groups in total. The van der Waals surface area contributed by atoms with E-state index >= 15 is 0 Å². The minimum absolute atomic E-state index is 0.575. The van der Waals surface area contributed by atoms with E-state index in [9.17, 15) is 0 Å². The Morgan fingerprint density at radius 3 is 2.29 bits per heavy atom. The quantitative estimate of drug-likeness (QED) is 0.408. The molecule has 0 radical (unpaired) electrons. The van der Waals surface area contributed by atoms with Crippen molar-refractivity contribution in [2.75, 3.05) is 0 Å². The molecule has 0 saturated heterocycles. The van der Waals surface area contributed by atoms with Crippen LogP contribution < -0.4 is 0 Å². The molecule has 2 heteroatoms. The van der Waals surface area contributed by atoms with Crippen LogP contribution in [-0.4, -0.2) is 5.25 Å². The fraction of sp³-hybridized carbons (Fsp3) is 0.917. The van der Waals surface area contributed by atoms with Crippen LogP contribution in [0.15, 0.2) is 0 Å². The molecule has 0 aromatic carbocycles. The summed E-state index contributed by atoms with van der Waals surface area (Å²) in [5.74, 6) is 0. The van der Waals surface area contributed by atoms with Crippen LogP contribution >= 0.6 is 11.8 Å². The van der Waals surface area contributed by atoms with Crippen LogP contribution in [0.4, 0.5) is 0 Å². The molecule has 0 bridgehead atoms. The zero-order valence-electron chi connectivity index (χ0n) is 9.59. The van der Waals surface area contributed by atoms with Crippen molar-refractivity contribution in [3.05, 3.63) is 0 Å². The topological polar surface area (TPSA) is 23.8 Å². The molecule has 0 aliphatic rings. The standard InChI is InChI=1S/C12H23NS/c1-3-5-6-7-8-9-10-12(4-2)14-11-13/h12H,3-10H2,1-2H3. The number of thioether (sulfide) groups is 1. The van der Waals surface area contributed by atoms with E-state index < -0.39 is 0 Å². The van der Waals surface area contributed by atoms with Crippen molar-refractivity contribution in [1.29, 1.82) is 5.26 Å². The Morgan fingerprint density at radius 1 is 1.07 bits per heavy atom. The third kappa shape index (κ3) is 8.44. The van der Waals surface area contributed by atoms with E-state index in [4.69, 9.17) is 5.26 Å². The molecule has 0 spiro atoms. The minimum Gasteiger partial charge on any atom is -0.185 e. The monoisotopic (exact) mass is 213 g/mol. The fourth-order valence-electron chi connectivity index (χ4n) is 1.57. The summed E-state index contributed by atoms with van der Waals surface area (Å²) < 4.78 is 0. The number of hydrogen-bond donors (Lipinski definition) is 0. The lowest BCUT2D eigenvalue weighted by atomic mass is 10.1. The number of unbranched alkanes of at least 4 members (excludes halogenated alkanes) is 5. The predicted octanol–water partition coefficient (Wildman–Crippen LogP) is 4.73. The molecule has 0 amide bonds. The van der Waals surface area contributed by atoms with E-state index in [0.717, 1.165) is 6.42 Å². The Balaban J connectivity index is 3.21. The Morgan fingerprint density at radius 2 is 1.71 bits per heavy atom. The summed E-state index contributed by atoms with van der Waals surface area (Å²) in [5.41, 5.74) is 0. The van der Waals surface area contributed by atoms with Gasteiger partial charge in [-0.1, -0.05) is 52.4 Å². The maximum Gasteiger partial charge on any atom is 0.133 e. The normalized spacial score (nSPS) is 12.4. The largest absolute Gasteiger partial charge is 0.185 e. The van der Waals surface area contributed by atoms with Crippen molar-refractivity contribution >= 4 is 11.8 Å². The summed E-state index contributed by atoms with van der Waals surface area (Å²) in [6.07, 6.45) is 10.5. The van der Waals surface area contributed by atoms with Crippen molar-refractivity contribution in [2.45, 2.75) is 70.5 Å². The molecule has 0 rings (SSSR count). The summed E-state index contributed by atoms with van der Waals surface area (Å²) >= 11 is 1.45. The molecule has 0 saturated carbocycles. The molecule has 0 aliphatic heterocycles. The molecule has 0 aliphatic carbocycles. The second kappa shape index (κ2) is 10.9. The third-order valence-corrected chi connectivity index (χ3v) is 3.56. The first-order valence-electron chi connectivity index (χ1n) is 5.89. The highest BCUT2D eigenvalue weighted by molar-refractivity contribution is 8.04. The van der Waals surface area contributed by atoms with Crippen molar-refractivity contribution < 1.29 is 0 Å². The van der Waals surface area contributed by atoms with Crippen molar-refractivity contribution in [3.63, 3.8) is 0 Å². The summed E-state index contributed by atoms with van der Waals surface area (Å²) in [5, 5.41) is 11.3. The summed E-state index contributed by atoms with van der Waals surface area (Å²) in [7, 11) is 0. The predicted molar refractivity (Wildman–Crippen MR) is 65.3 cm³/mol. The summed E-state index contributed by atoms with van der Waals surface area (Å²) in [6.45, 7) is 4.42. The van der Waals surface area contributed by atoms with Crippen LogP contribution in [0.25, 0.3) is 0 Å². The zero-order chi connectivity index (χ0) is 10.6. The van der Waals surface area contributed by atoms with Crippen LogP contribution in [0, 0.1) is 10.7 Å². The SMILES string of the molecule is CCCCCCCCC(CC)SC#N. The molecule has 0 aromatic rings. The second-order valence-electron chi connectivity index (χ2n) is 3.80. The lowest BCUT2D eigenvalue weighted by Gasteiger charge is -2.08. The molecule has 0 heterocycles. The van der Waals surface area contributed by atoms with Gasteiger partial charge in [-0.25, -0.2) is 0 Å². The average molecular weight is 213 g/mol. The highest BCUT2D eigenvalue weighted by Gasteiger charge is 2.05. The minimum atomic E-state index is 0.575. The Bertz CT molecular complexity index is 151. The number of nitrogens with zero attached hydrogens (tertiary/aromatic N) is 1. The van der Waals surface area contributed by atoms with Crippen LogP contribution in [0.1, 0.15) is 65.2 Å². The van der Waals surface area contributed by atoms with E-state index in [1.807, 2.05) is 0 Å². The van der Waals surface area contributed by atoms with Crippen molar-refractivity contribution in [2.24, 2.45) is 0 Å². The highest BCUT2D eigenvalue weighted by Crippen LogP contribution is 2.20. The fourth-order valence-corrected chi connectivity index (χ4v) is 2.17. The first kappa shape index (κ1) is 13.8. The summed E-state index contributed by atoms with van der Waals surface area (Å²) in [4.78, 5) is 0. The van der Waals surface area contributed by atoms with E-state index in [2.05, 4.69) is 19.2 Å². The van der Waals surface area contributed by atoms with Gasteiger partial charge >= 0.3 is 0 Å². The third-order valence-electron chi connectivity index (χ3n) is 2.55. The Labute approximate surface area is 93.3 Å². The van der Waals surface area contributed by atoms with Crippen LogP contribution in [0.5, 0.6) is 0 Å². The molecule has 1 atom stereocenters. The van der Waals surface area contributed by atoms with Gasteiger partial charge in [-0.05, 0) is 24.6 Å². The van der Waals surface area contributed by atoms with Gasteiger partial charge in [-0.3, -0.25) is 0 Å². The van der Waals surface area contributed by atoms with Gasteiger partial charge in [0.2, 0.25) is 0 Å². The van der Waals surface area contributed by atoms with E-state index in [1.165, 1.54) is 56.7 Å². The van der Waals surface area contributed by atoms with Gasteiger partial charge in [-0.2, -0.15) is 5.26 Å². The second-order valence-corrected chi connectivity index (χ2v) is 4.88. The molecular formula is C12H23NS. The van der Waals surface area contributed by atoms with E-state index in [0.29, 0.717) is 5.25 Å². The van der Waals surface area contributed by atoms with Crippen LogP contribution in [-0.2, 0) is 0 Å². The van der Waals surface area contributed by atoms with Crippen molar-refractivity contribution in [3.8, 4) is 5.40 Å². The van der Waals surface area contributed by atoms with Crippen LogP contribution in [0.3, 0.4) is 0 Å². The van der Waals surface area contributed by atoms with Gasteiger partial charge in [0, 0.05) is 5.25 Å². The number of rotatable bonds is 9. The van der Waals surface area contributed by atoms with Gasteiger partial charge in [-0.15, -0.1) is 0 Å². The molecule has 0 aromatic heterocycles. The molecular weight excluding hydrogens is 190 g/mol. The van der Waals surface area contributed by atoms with Gasteiger partial charge < -0.3 is 0 Å². The van der Waals surface area contributed by atoms with E-state index in [-0.39, 0.29) is 0 Å². The Kier molecular flexibility index (Phi) is 10.8. The highest BCUT2D eigenvalue weighted by atomic mass is 32.2. The smallest absolute Gasteiger partial charge is 0.133 e. The summed E-state index contributed by atoms with van der Waals surface area (Å²) in [6, 6.07) is 0.